The predicted molar refractivity (Wildman–Crippen MR) is 88.4 cm³/mol. The molecule has 0 radical (unpaired) electrons. The van der Waals surface area contributed by atoms with Crippen LogP contribution in [0, 0.1) is 17.0 Å². The number of carbonyl (C=O) groups excluding carboxylic acids is 1. The summed E-state index contributed by atoms with van der Waals surface area (Å²) < 4.78 is 0. The largest absolute Gasteiger partial charge is 0.321 e. The number of nitro benzene ring substituents is 1. The molecule has 1 atom stereocenters. The molecule has 114 valence electrons. The lowest BCUT2D eigenvalue weighted by Gasteiger charge is -2.23. The van der Waals surface area contributed by atoms with Gasteiger partial charge in [0.05, 0.1) is 4.92 Å². The van der Waals surface area contributed by atoms with Crippen molar-refractivity contribution in [3.05, 3.63) is 61.8 Å². The minimum atomic E-state index is -0.461. The molecule has 1 aliphatic rings. The first-order chi connectivity index (χ1) is 10.6. The molecule has 0 saturated carbocycles. The standard InChI is InChI=1S/C15H14N2O3S2/c1-10-2-7-13(22-10)15-16(8-9-21-15)14(18)11-3-5-12(6-4-11)17(19)20/h2-7,15H,8-9H2,1H3. The lowest BCUT2D eigenvalue weighted by atomic mass is 10.2. The molecule has 1 fully saturated rings. The Morgan fingerprint density at radius 2 is 2.00 bits per heavy atom. The van der Waals surface area contributed by atoms with E-state index >= 15 is 0 Å². The smallest absolute Gasteiger partial charge is 0.269 e. The quantitative estimate of drug-likeness (QED) is 0.632. The lowest BCUT2D eigenvalue weighted by molar-refractivity contribution is -0.384. The summed E-state index contributed by atoms with van der Waals surface area (Å²) in [5.74, 6) is 0.830. The molecule has 1 amide bonds. The Hall–Kier alpha value is -1.86. The first kappa shape index (κ1) is 15.1. The summed E-state index contributed by atoms with van der Waals surface area (Å²) in [6, 6.07) is 9.94. The SMILES string of the molecule is Cc1ccc(C2SCCN2C(=O)c2ccc([N+](=O)[O-])cc2)s1. The molecule has 7 heteroatoms. The molecule has 2 aromatic rings. The van der Waals surface area contributed by atoms with E-state index in [4.69, 9.17) is 0 Å². The third kappa shape index (κ3) is 2.86. The van der Waals surface area contributed by atoms with E-state index in [-0.39, 0.29) is 17.0 Å². The van der Waals surface area contributed by atoms with Gasteiger partial charge in [0.1, 0.15) is 5.37 Å². The third-order valence-electron chi connectivity index (χ3n) is 3.48. The number of thiophene rings is 1. The number of carbonyl (C=O) groups is 1. The van der Waals surface area contributed by atoms with Gasteiger partial charge in [-0.25, -0.2) is 0 Å². The van der Waals surface area contributed by atoms with Gasteiger partial charge in [0.15, 0.2) is 0 Å². The molecule has 1 aliphatic heterocycles. The summed E-state index contributed by atoms with van der Waals surface area (Å²) in [6.45, 7) is 2.75. The second kappa shape index (κ2) is 6.10. The molecular formula is C15H14N2O3S2. The molecule has 3 rings (SSSR count). The zero-order valence-electron chi connectivity index (χ0n) is 11.9. The van der Waals surface area contributed by atoms with Gasteiger partial charge in [-0.05, 0) is 31.2 Å². The average Bonchev–Trinajstić information content (AvgIpc) is 3.15. The Kier molecular flexibility index (Phi) is 4.17. The second-order valence-electron chi connectivity index (χ2n) is 4.97. The van der Waals surface area contributed by atoms with Gasteiger partial charge in [0, 0.05) is 39.7 Å². The normalized spacial score (nSPS) is 17.7. The van der Waals surface area contributed by atoms with Crippen molar-refractivity contribution in [3.8, 4) is 0 Å². The summed E-state index contributed by atoms with van der Waals surface area (Å²) in [4.78, 5) is 27.1. The fourth-order valence-electron chi connectivity index (χ4n) is 2.39. The summed E-state index contributed by atoms with van der Waals surface area (Å²) >= 11 is 3.46. The van der Waals surface area contributed by atoms with Crippen LogP contribution in [0.5, 0.6) is 0 Å². The fourth-order valence-corrected chi connectivity index (χ4v) is 4.76. The maximum atomic E-state index is 12.7. The van der Waals surface area contributed by atoms with Crippen LogP contribution in [0.2, 0.25) is 0 Å². The van der Waals surface area contributed by atoms with Crippen molar-refractivity contribution in [2.45, 2.75) is 12.3 Å². The van der Waals surface area contributed by atoms with Crippen LogP contribution in [0.1, 0.15) is 25.5 Å². The van der Waals surface area contributed by atoms with Crippen molar-refractivity contribution in [2.75, 3.05) is 12.3 Å². The zero-order valence-corrected chi connectivity index (χ0v) is 13.5. The van der Waals surface area contributed by atoms with Gasteiger partial charge in [-0.3, -0.25) is 14.9 Å². The highest BCUT2D eigenvalue weighted by Crippen LogP contribution is 2.41. The maximum absolute atomic E-state index is 12.7. The minimum Gasteiger partial charge on any atom is -0.321 e. The van der Waals surface area contributed by atoms with Crippen LogP contribution in [0.15, 0.2) is 36.4 Å². The van der Waals surface area contributed by atoms with Crippen molar-refractivity contribution in [1.82, 2.24) is 4.90 Å². The second-order valence-corrected chi connectivity index (χ2v) is 7.48. The molecule has 1 saturated heterocycles. The van der Waals surface area contributed by atoms with Crippen LogP contribution in [0.25, 0.3) is 0 Å². The zero-order chi connectivity index (χ0) is 15.7. The molecule has 1 aromatic heterocycles. The molecule has 1 aromatic carbocycles. The van der Waals surface area contributed by atoms with Gasteiger partial charge in [0.25, 0.3) is 11.6 Å². The highest BCUT2D eigenvalue weighted by atomic mass is 32.2. The molecule has 0 N–H and O–H groups in total. The third-order valence-corrected chi connectivity index (χ3v) is 5.93. The first-order valence-corrected chi connectivity index (χ1v) is 8.66. The Labute approximate surface area is 136 Å². The highest BCUT2D eigenvalue weighted by Gasteiger charge is 2.32. The van der Waals surface area contributed by atoms with E-state index in [2.05, 4.69) is 19.1 Å². The van der Waals surface area contributed by atoms with E-state index in [0.717, 1.165) is 5.75 Å². The Morgan fingerprint density at radius 3 is 2.59 bits per heavy atom. The monoisotopic (exact) mass is 334 g/mol. The molecular weight excluding hydrogens is 320 g/mol. The number of benzene rings is 1. The lowest BCUT2D eigenvalue weighted by Crippen LogP contribution is -2.30. The Balaban J connectivity index is 1.82. The molecule has 5 nitrogen and oxygen atoms in total. The number of aryl methyl sites for hydroxylation is 1. The van der Waals surface area contributed by atoms with Crippen LogP contribution >= 0.6 is 23.1 Å². The first-order valence-electron chi connectivity index (χ1n) is 6.79. The molecule has 0 bridgehead atoms. The predicted octanol–water partition coefficient (Wildman–Crippen LogP) is 3.85. The molecule has 1 unspecified atom stereocenters. The summed E-state index contributed by atoms with van der Waals surface area (Å²) in [7, 11) is 0. The summed E-state index contributed by atoms with van der Waals surface area (Å²) in [5.41, 5.74) is 0.490. The molecule has 22 heavy (non-hydrogen) atoms. The number of amides is 1. The van der Waals surface area contributed by atoms with Crippen molar-refractivity contribution in [3.63, 3.8) is 0 Å². The van der Waals surface area contributed by atoms with Crippen molar-refractivity contribution in [1.29, 1.82) is 0 Å². The Morgan fingerprint density at radius 1 is 1.27 bits per heavy atom. The number of rotatable bonds is 3. The number of hydrogen-bond acceptors (Lipinski definition) is 5. The number of thioether (sulfide) groups is 1. The Bertz CT molecular complexity index is 712. The van der Waals surface area contributed by atoms with Crippen LogP contribution in [0.4, 0.5) is 5.69 Å². The number of hydrogen-bond donors (Lipinski definition) is 0. The van der Waals surface area contributed by atoms with E-state index < -0.39 is 4.92 Å². The van der Waals surface area contributed by atoms with Gasteiger partial charge in [-0.15, -0.1) is 23.1 Å². The average molecular weight is 334 g/mol. The van der Waals surface area contributed by atoms with Gasteiger partial charge in [-0.2, -0.15) is 0 Å². The van der Waals surface area contributed by atoms with Crippen LogP contribution in [-0.2, 0) is 0 Å². The number of non-ortho nitro benzene ring substituents is 1. The van der Waals surface area contributed by atoms with Crippen molar-refractivity contribution < 1.29 is 9.72 Å². The van der Waals surface area contributed by atoms with Gasteiger partial charge in [-0.1, -0.05) is 0 Å². The fraction of sp³-hybridized carbons (Fsp3) is 0.267. The maximum Gasteiger partial charge on any atom is 0.269 e. The molecule has 2 heterocycles. The van der Waals surface area contributed by atoms with Gasteiger partial charge in [0.2, 0.25) is 0 Å². The number of nitro groups is 1. The summed E-state index contributed by atoms with van der Waals surface area (Å²) in [6.07, 6.45) is 0. The van der Waals surface area contributed by atoms with E-state index in [9.17, 15) is 14.9 Å². The minimum absolute atomic E-state index is 0.00206. The highest BCUT2D eigenvalue weighted by molar-refractivity contribution is 7.99. The summed E-state index contributed by atoms with van der Waals surface area (Å²) in [5, 5.41) is 10.7. The van der Waals surface area contributed by atoms with E-state index in [1.54, 1.807) is 23.1 Å². The van der Waals surface area contributed by atoms with Crippen molar-refractivity contribution >= 4 is 34.7 Å². The van der Waals surface area contributed by atoms with Gasteiger partial charge < -0.3 is 4.90 Å². The van der Waals surface area contributed by atoms with Crippen LogP contribution < -0.4 is 0 Å². The van der Waals surface area contributed by atoms with Crippen molar-refractivity contribution in [2.24, 2.45) is 0 Å². The van der Waals surface area contributed by atoms with E-state index in [1.807, 2.05) is 4.90 Å². The van der Waals surface area contributed by atoms with Crippen LogP contribution in [-0.4, -0.2) is 28.0 Å². The van der Waals surface area contributed by atoms with Crippen LogP contribution in [0.3, 0.4) is 0 Å². The topological polar surface area (TPSA) is 63.5 Å². The number of nitrogens with zero attached hydrogens (tertiary/aromatic N) is 2. The molecule has 0 aliphatic carbocycles. The molecule has 0 spiro atoms. The van der Waals surface area contributed by atoms with Gasteiger partial charge >= 0.3 is 0 Å². The van der Waals surface area contributed by atoms with E-state index in [1.165, 1.54) is 34.0 Å². The van der Waals surface area contributed by atoms with E-state index in [0.29, 0.717) is 12.1 Å².